The Hall–Kier alpha value is -1.06. The minimum absolute atomic E-state index is 0.198. The first kappa shape index (κ1) is 12.0. The molecule has 1 spiro atoms. The zero-order chi connectivity index (χ0) is 12.6. The lowest BCUT2D eigenvalue weighted by molar-refractivity contribution is -0.168. The third kappa shape index (κ3) is 1.82. The Morgan fingerprint density at radius 3 is 1.78 bits per heavy atom. The van der Waals surface area contributed by atoms with E-state index >= 15 is 0 Å². The van der Waals surface area contributed by atoms with Crippen LogP contribution < -0.4 is 0 Å². The summed E-state index contributed by atoms with van der Waals surface area (Å²) < 4.78 is 11.2. The summed E-state index contributed by atoms with van der Waals surface area (Å²) in [4.78, 5) is 24.7. The lowest BCUT2D eigenvalue weighted by atomic mass is 9.74. The second kappa shape index (κ2) is 4.56. The van der Waals surface area contributed by atoms with Crippen molar-refractivity contribution in [2.75, 3.05) is 0 Å². The molecule has 2 atom stereocenters. The van der Waals surface area contributed by atoms with Crippen molar-refractivity contribution in [1.29, 1.82) is 0 Å². The third-order valence-corrected chi connectivity index (χ3v) is 4.65. The van der Waals surface area contributed by atoms with Crippen molar-refractivity contribution in [2.24, 2.45) is 5.41 Å². The first-order valence-electron chi connectivity index (χ1n) is 7.14. The molecule has 0 radical (unpaired) electrons. The first-order chi connectivity index (χ1) is 8.72. The molecule has 1 aliphatic heterocycles. The Morgan fingerprint density at radius 2 is 1.28 bits per heavy atom. The monoisotopic (exact) mass is 252 g/mol. The van der Waals surface area contributed by atoms with Gasteiger partial charge in [-0.1, -0.05) is 19.3 Å². The summed E-state index contributed by atoms with van der Waals surface area (Å²) in [6.45, 7) is 0. The van der Waals surface area contributed by atoms with Gasteiger partial charge in [0.25, 0.3) is 0 Å². The summed E-state index contributed by atoms with van der Waals surface area (Å²) in [6.07, 6.45) is 7.51. The van der Waals surface area contributed by atoms with Crippen molar-refractivity contribution in [3.8, 4) is 0 Å². The molecule has 1 saturated heterocycles. The van der Waals surface area contributed by atoms with Gasteiger partial charge in [0.1, 0.15) is 12.2 Å². The lowest BCUT2D eigenvalue weighted by Crippen LogP contribution is -2.41. The molecular formula is C14H20O4. The van der Waals surface area contributed by atoms with Crippen LogP contribution in [0.25, 0.3) is 0 Å². The van der Waals surface area contributed by atoms with Crippen LogP contribution in [0.1, 0.15) is 57.8 Å². The second-order valence-electron chi connectivity index (χ2n) is 5.81. The highest BCUT2D eigenvalue weighted by Gasteiger charge is 2.54. The minimum Gasteiger partial charge on any atom is -0.458 e. The van der Waals surface area contributed by atoms with Crippen LogP contribution in [0, 0.1) is 5.41 Å². The van der Waals surface area contributed by atoms with E-state index in [4.69, 9.17) is 9.47 Å². The van der Waals surface area contributed by atoms with Gasteiger partial charge in [0.15, 0.2) is 5.41 Å². The van der Waals surface area contributed by atoms with E-state index in [9.17, 15) is 9.59 Å². The Kier molecular flexibility index (Phi) is 3.04. The number of rotatable bonds is 0. The average Bonchev–Trinajstić information content (AvgIpc) is 2.49. The fraction of sp³-hybridized carbons (Fsp3) is 0.857. The molecule has 3 aliphatic rings. The summed E-state index contributed by atoms with van der Waals surface area (Å²) in [5.74, 6) is -0.636. The highest BCUT2D eigenvalue weighted by atomic mass is 16.6. The van der Waals surface area contributed by atoms with Gasteiger partial charge in [0.05, 0.1) is 0 Å². The fourth-order valence-electron chi connectivity index (χ4n) is 3.48. The molecule has 2 aliphatic carbocycles. The topological polar surface area (TPSA) is 52.6 Å². The molecule has 2 saturated carbocycles. The summed E-state index contributed by atoms with van der Waals surface area (Å²) in [5.41, 5.74) is -0.977. The Morgan fingerprint density at radius 1 is 0.778 bits per heavy atom. The quantitative estimate of drug-likeness (QED) is 0.490. The van der Waals surface area contributed by atoms with Gasteiger partial charge in [-0.25, -0.2) is 0 Å². The molecule has 4 nitrogen and oxygen atoms in total. The van der Waals surface area contributed by atoms with Crippen molar-refractivity contribution in [1.82, 2.24) is 0 Å². The van der Waals surface area contributed by atoms with Gasteiger partial charge >= 0.3 is 11.9 Å². The van der Waals surface area contributed by atoms with Crippen LogP contribution in [0.4, 0.5) is 0 Å². The van der Waals surface area contributed by atoms with Gasteiger partial charge in [0.2, 0.25) is 0 Å². The minimum atomic E-state index is -0.977. The number of carbonyl (C=O) groups is 2. The predicted molar refractivity (Wildman–Crippen MR) is 63.7 cm³/mol. The summed E-state index contributed by atoms with van der Waals surface area (Å²) in [6, 6.07) is 0. The van der Waals surface area contributed by atoms with E-state index in [2.05, 4.69) is 0 Å². The average molecular weight is 252 g/mol. The molecule has 0 amide bonds. The van der Waals surface area contributed by atoms with E-state index in [1.807, 2.05) is 0 Å². The number of carbonyl (C=O) groups excluding carboxylic acids is 2. The highest BCUT2D eigenvalue weighted by molar-refractivity contribution is 6.00. The van der Waals surface area contributed by atoms with Gasteiger partial charge in [-0.2, -0.15) is 0 Å². The second-order valence-corrected chi connectivity index (χ2v) is 5.81. The van der Waals surface area contributed by atoms with Crippen LogP contribution in [0.2, 0.25) is 0 Å². The number of fused-ring (bicyclic) bond motifs is 1. The third-order valence-electron chi connectivity index (χ3n) is 4.65. The number of ether oxygens (including phenoxy) is 2. The molecule has 0 bridgehead atoms. The zero-order valence-corrected chi connectivity index (χ0v) is 10.7. The molecule has 100 valence electrons. The highest BCUT2D eigenvalue weighted by Crippen LogP contribution is 2.42. The molecule has 18 heavy (non-hydrogen) atoms. The van der Waals surface area contributed by atoms with Crippen molar-refractivity contribution >= 4 is 11.9 Å². The first-order valence-corrected chi connectivity index (χ1v) is 7.14. The van der Waals surface area contributed by atoms with Crippen LogP contribution in [0.3, 0.4) is 0 Å². The van der Waals surface area contributed by atoms with Gasteiger partial charge in [-0.05, 0) is 38.5 Å². The molecule has 3 fully saturated rings. The molecular weight excluding hydrogens is 232 g/mol. The van der Waals surface area contributed by atoms with Crippen LogP contribution in [-0.2, 0) is 19.1 Å². The van der Waals surface area contributed by atoms with E-state index < -0.39 is 5.41 Å². The number of esters is 2. The largest absolute Gasteiger partial charge is 0.458 e. The Balaban J connectivity index is 1.87. The maximum Gasteiger partial charge on any atom is 0.323 e. The summed E-state index contributed by atoms with van der Waals surface area (Å²) in [5, 5.41) is 0. The van der Waals surface area contributed by atoms with Gasteiger partial charge in [0, 0.05) is 0 Å². The summed E-state index contributed by atoms with van der Waals surface area (Å²) >= 11 is 0. The van der Waals surface area contributed by atoms with E-state index in [0.29, 0.717) is 12.8 Å². The van der Waals surface area contributed by atoms with Crippen LogP contribution in [-0.4, -0.2) is 24.1 Å². The number of hydrogen-bond acceptors (Lipinski definition) is 4. The standard InChI is InChI=1S/C14H20O4/c15-12-14(8-4-1-5-9-14)13(16)18-11-7-3-2-6-10(11)17-12/h10-11H,1-9H2. The van der Waals surface area contributed by atoms with Crippen molar-refractivity contribution in [2.45, 2.75) is 70.0 Å². The van der Waals surface area contributed by atoms with Gasteiger partial charge < -0.3 is 9.47 Å². The van der Waals surface area contributed by atoms with E-state index in [-0.39, 0.29) is 24.1 Å². The molecule has 0 aromatic heterocycles. The SMILES string of the molecule is O=C1OC2CCCCC2OC(=O)C12CCCCC2. The van der Waals surface area contributed by atoms with E-state index in [1.165, 1.54) is 0 Å². The van der Waals surface area contributed by atoms with E-state index in [1.54, 1.807) is 0 Å². The predicted octanol–water partition coefficient (Wildman–Crippen LogP) is 2.35. The van der Waals surface area contributed by atoms with Crippen LogP contribution in [0.15, 0.2) is 0 Å². The van der Waals surface area contributed by atoms with Gasteiger partial charge in [-0.3, -0.25) is 9.59 Å². The lowest BCUT2D eigenvalue weighted by Gasteiger charge is -2.30. The smallest absolute Gasteiger partial charge is 0.323 e. The zero-order valence-electron chi connectivity index (χ0n) is 10.7. The van der Waals surface area contributed by atoms with E-state index in [0.717, 1.165) is 44.9 Å². The van der Waals surface area contributed by atoms with Gasteiger partial charge in [-0.15, -0.1) is 0 Å². The molecule has 4 heteroatoms. The van der Waals surface area contributed by atoms with Crippen LogP contribution >= 0.6 is 0 Å². The maximum absolute atomic E-state index is 12.3. The number of hydrogen-bond donors (Lipinski definition) is 0. The Labute approximate surface area is 107 Å². The fourth-order valence-corrected chi connectivity index (χ4v) is 3.48. The maximum atomic E-state index is 12.3. The van der Waals surface area contributed by atoms with Crippen LogP contribution in [0.5, 0.6) is 0 Å². The van der Waals surface area contributed by atoms with Crippen molar-refractivity contribution in [3.05, 3.63) is 0 Å². The van der Waals surface area contributed by atoms with Crippen molar-refractivity contribution < 1.29 is 19.1 Å². The van der Waals surface area contributed by atoms with Crippen molar-refractivity contribution in [3.63, 3.8) is 0 Å². The molecule has 0 N–H and O–H groups in total. The normalized spacial score (nSPS) is 35.3. The molecule has 1 heterocycles. The Bertz CT molecular complexity index is 329. The summed E-state index contributed by atoms with van der Waals surface area (Å²) in [7, 11) is 0. The molecule has 0 aromatic carbocycles. The molecule has 2 unspecified atom stereocenters. The molecule has 3 rings (SSSR count). The molecule has 0 aromatic rings.